The fourth-order valence-electron chi connectivity index (χ4n) is 7.49. The highest BCUT2D eigenvalue weighted by atomic mass is 32.1. The lowest BCUT2D eigenvalue weighted by Crippen LogP contribution is -2.57. The van der Waals surface area contributed by atoms with Gasteiger partial charge >= 0.3 is 18.0 Å². The summed E-state index contributed by atoms with van der Waals surface area (Å²) in [5, 5.41) is 34.3. The van der Waals surface area contributed by atoms with Crippen LogP contribution in [0.15, 0.2) is 113 Å². The smallest absolute Gasteiger partial charge is 0.442 e. The molecule has 0 fully saturated rings. The lowest BCUT2D eigenvalue weighted by Gasteiger charge is -2.34. The summed E-state index contributed by atoms with van der Waals surface area (Å²) in [4.78, 5) is 1.25. The minimum Gasteiger partial charge on any atom is -0.461 e. The van der Waals surface area contributed by atoms with Crippen LogP contribution in [0, 0.1) is 34.0 Å². The van der Waals surface area contributed by atoms with E-state index in [2.05, 4.69) is 39.5 Å². The number of ether oxygens (including phenoxy) is 1. The molecule has 5 heterocycles. The molecule has 0 saturated heterocycles. The number of thiophene rings is 2. The molecule has 0 spiro atoms. The second kappa shape index (κ2) is 11.1. The maximum atomic E-state index is 14.5. The normalized spacial score (nSPS) is 15.0. The van der Waals surface area contributed by atoms with Crippen LogP contribution >= 0.6 is 22.7 Å². The van der Waals surface area contributed by atoms with E-state index in [4.69, 9.17) is 0 Å². The highest BCUT2D eigenvalue weighted by Gasteiger charge is 2.78. The van der Waals surface area contributed by atoms with Crippen LogP contribution in [-0.2, 0) is 4.74 Å². The number of nitriles is 3. The van der Waals surface area contributed by atoms with E-state index in [1.54, 1.807) is 6.07 Å². The topological polar surface area (TPSA) is 85.0 Å². The maximum Gasteiger partial charge on any atom is 0.442 e. The van der Waals surface area contributed by atoms with Gasteiger partial charge in [0.1, 0.15) is 28.6 Å². The monoisotopic (exact) mass is 746 g/mol. The van der Waals surface area contributed by atoms with Crippen molar-refractivity contribution < 1.29 is 31.1 Å². The summed E-state index contributed by atoms with van der Waals surface area (Å²) in [6.45, 7) is 0. The van der Waals surface area contributed by atoms with Gasteiger partial charge in [-0.15, -0.1) is 22.7 Å². The molecule has 4 aromatic heterocycles. The van der Waals surface area contributed by atoms with E-state index >= 15 is 0 Å². The zero-order valence-corrected chi connectivity index (χ0v) is 28.2. The Labute approximate surface area is 302 Å². The van der Waals surface area contributed by atoms with Crippen molar-refractivity contribution in [1.82, 2.24) is 4.40 Å². The quantitative estimate of drug-likeness (QED) is 0.133. The number of benzene rings is 4. The Morgan fingerprint density at radius 1 is 0.755 bits per heavy atom. The third-order valence-electron chi connectivity index (χ3n) is 9.61. The van der Waals surface area contributed by atoms with Crippen LogP contribution < -0.4 is 0 Å². The molecule has 4 aromatic carbocycles. The first kappa shape index (κ1) is 32.6. The number of pyridine rings is 1. The maximum absolute atomic E-state index is 14.5. The molecule has 13 heteroatoms. The molecule has 9 rings (SSSR count). The fraction of sp³-hybridized carbons (Fsp3) is 0.0750. The Morgan fingerprint density at radius 3 is 2.15 bits per heavy atom. The molecule has 0 bridgehead atoms. The standard InChI is InChI=1S/C40H16F6N4OS2/c41-39(42,43)38(40(44,45)46)28(27(19-49)35(51-38)22(17-47)18-48)14-13-23-16-30-36(52-23)33-25-11-6-9-21-15-26(20-7-2-1-3-8-20)32-24-10-4-5-12-29(24)50(37(33)53-30)34(32)31(21)25/h1-16H/b14-13+. The predicted octanol–water partition coefficient (Wildman–Crippen LogP) is 12.0. The van der Waals surface area contributed by atoms with Crippen molar-refractivity contribution in [1.29, 1.82) is 15.8 Å². The third kappa shape index (κ3) is 4.28. The first-order chi connectivity index (χ1) is 25.4. The fourth-order valence-corrected chi connectivity index (χ4v) is 10.1. The van der Waals surface area contributed by atoms with Gasteiger partial charge in [-0.25, -0.2) is 0 Å². The Hall–Kier alpha value is -6.33. The summed E-state index contributed by atoms with van der Waals surface area (Å²) < 4.78 is 95.0. The third-order valence-corrected chi connectivity index (χ3v) is 12.0. The van der Waals surface area contributed by atoms with Crippen molar-refractivity contribution in [3.05, 3.63) is 118 Å². The number of nitrogens with zero attached hydrogens (tertiary/aromatic N) is 4. The summed E-state index contributed by atoms with van der Waals surface area (Å²) in [6.07, 6.45) is -10.6. The van der Waals surface area contributed by atoms with Crippen molar-refractivity contribution in [2.45, 2.75) is 18.0 Å². The number of allylic oxidation sites excluding steroid dienone is 2. The van der Waals surface area contributed by atoms with Gasteiger partial charge in [-0.3, -0.25) is 4.40 Å². The molecule has 0 aliphatic carbocycles. The summed E-state index contributed by atoms with van der Waals surface area (Å²) in [6, 6.07) is 31.9. The van der Waals surface area contributed by atoms with Gasteiger partial charge in [-0.1, -0.05) is 72.8 Å². The molecule has 8 aromatic rings. The average molecular weight is 747 g/mol. The molecule has 0 atom stereocenters. The van der Waals surface area contributed by atoms with Gasteiger partial charge in [-0.2, -0.15) is 42.1 Å². The van der Waals surface area contributed by atoms with Crippen LogP contribution in [0.5, 0.6) is 0 Å². The number of hydrogen-bond donors (Lipinski definition) is 0. The Balaban J connectivity index is 1.31. The van der Waals surface area contributed by atoms with E-state index in [-0.39, 0.29) is 0 Å². The molecular formula is C40H16F6N4OS2. The summed E-state index contributed by atoms with van der Waals surface area (Å²) in [5.41, 5.74) is -4.75. The zero-order chi connectivity index (χ0) is 37.0. The average Bonchev–Trinajstić information content (AvgIpc) is 3.88. The molecule has 0 amide bonds. The minimum absolute atomic E-state index is 0.315. The first-order valence-electron chi connectivity index (χ1n) is 15.7. The Morgan fingerprint density at radius 2 is 1.45 bits per heavy atom. The van der Waals surface area contributed by atoms with E-state index in [0.29, 0.717) is 11.0 Å². The van der Waals surface area contributed by atoms with Gasteiger partial charge in [0.15, 0.2) is 11.3 Å². The van der Waals surface area contributed by atoms with Gasteiger partial charge in [0.25, 0.3) is 0 Å². The molecule has 53 heavy (non-hydrogen) atoms. The number of hydrogen-bond acceptors (Lipinski definition) is 6. The number of halogens is 6. The van der Waals surface area contributed by atoms with E-state index in [0.717, 1.165) is 74.8 Å². The highest BCUT2D eigenvalue weighted by Crippen LogP contribution is 2.58. The lowest BCUT2D eigenvalue weighted by molar-refractivity contribution is -0.350. The molecular weight excluding hydrogens is 731 g/mol. The molecule has 1 aliphatic rings. The number of rotatable bonds is 3. The second-order valence-electron chi connectivity index (χ2n) is 12.3. The van der Waals surface area contributed by atoms with Crippen molar-refractivity contribution in [3.8, 4) is 29.3 Å². The van der Waals surface area contributed by atoms with Crippen LogP contribution in [-0.4, -0.2) is 22.4 Å². The van der Waals surface area contributed by atoms with E-state index in [1.807, 2.05) is 48.5 Å². The van der Waals surface area contributed by atoms with Crippen molar-refractivity contribution in [3.63, 3.8) is 0 Å². The van der Waals surface area contributed by atoms with Crippen molar-refractivity contribution in [2.75, 3.05) is 0 Å². The van der Waals surface area contributed by atoms with Gasteiger partial charge in [0.05, 0.1) is 15.7 Å². The second-order valence-corrected chi connectivity index (χ2v) is 14.4. The summed E-state index contributed by atoms with van der Waals surface area (Å²) >= 11 is 2.64. The molecule has 0 saturated carbocycles. The Bertz CT molecular complexity index is 3070. The van der Waals surface area contributed by atoms with Crippen LogP contribution in [0.4, 0.5) is 26.3 Å². The first-order valence-corrected chi connectivity index (χ1v) is 17.4. The number of fused-ring (bicyclic) bond motifs is 8. The summed E-state index contributed by atoms with van der Waals surface area (Å²) in [7, 11) is 0. The molecule has 5 nitrogen and oxygen atoms in total. The van der Waals surface area contributed by atoms with Gasteiger partial charge in [0.2, 0.25) is 0 Å². The molecule has 256 valence electrons. The molecule has 0 N–H and O–H groups in total. The van der Waals surface area contributed by atoms with E-state index < -0.39 is 40.4 Å². The van der Waals surface area contributed by atoms with Gasteiger partial charge in [0, 0.05) is 36.7 Å². The van der Waals surface area contributed by atoms with Crippen LogP contribution in [0.1, 0.15) is 4.88 Å². The molecule has 0 radical (unpaired) electrons. The highest BCUT2D eigenvalue weighted by molar-refractivity contribution is 7.33. The molecule has 1 aliphatic heterocycles. The van der Waals surface area contributed by atoms with Gasteiger partial charge in [-0.05, 0) is 46.2 Å². The summed E-state index contributed by atoms with van der Waals surface area (Å²) in [5.74, 6) is -1.37. The van der Waals surface area contributed by atoms with Crippen LogP contribution in [0.2, 0.25) is 0 Å². The van der Waals surface area contributed by atoms with E-state index in [9.17, 15) is 42.1 Å². The molecule has 0 unspecified atom stereocenters. The predicted molar refractivity (Wildman–Crippen MR) is 193 cm³/mol. The largest absolute Gasteiger partial charge is 0.461 e. The Kier molecular flexibility index (Phi) is 6.81. The SMILES string of the molecule is N#CC(C#N)=C1OC(C(F)(F)F)(C(F)(F)F)C(/C=C/c2cc3sc4c(c5cccc6cc(-c7ccccc7)c7c8ccccc8n4c7c65)c3s2)=C1C#N. The van der Waals surface area contributed by atoms with Gasteiger partial charge < -0.3 is 4.74 Å². The minimum atomic E-state index is -6.11. The van der Waals surface area contributed by atoms with Crippen LogP contribution in [0.25, 0.3) is 74.8 Å². The van der Waals surface area contributed by atoms with Crippen molar-refractivity contribution >= 4 is 86.3 Å². The number of para-hydroxylation sites is 1. The van der Waals surface area contributed by atoms with Crippen molar-refractivity contribution in [2.24, 2.45) is 0 Å². The van der Waals surface area contributed by atoms with E-state index in [1.165, 1.54) is 40.9 Å². The number of alkyl halides is 6. The number of aromatic nitrogens is 1. The van der Waals surface area contributed by atoms with Crippen LogP contribution in [0.3, 0.4) is 0 Å². The zero-order valence-electron chi connectivity index (χ0n) is 26.5. The lowest BCUT2D eigenvalue weighted by atomic mass is 9.89.